The number of nitrogens with one attached hydrogen (secondary N) is 1. The standard InChI is InChI=1S/C25H26FNO/c1-16(2)11-12-27-25-10-7-20(15-24(25)26)23-14-17(3)22(13-18(23)4)19-5-8-21(28)9-6-19/h5-11,13-15,27-28H,12H2,1-4H3. The minimum absolute atomic E-state index is 0.251. The molecule has 28 heavy (non-hydrogen) atoms. The van der Waals surface area contributed by atoms with Crippen LogP contribution < -0.4 is 5.32 Å². The van der Waals surface area contributed by atoms with Crippen molar-refractivity contribution < 1.29 is 9.50 Å². The first kappa shape index (κ1) is 19.7. The molecule has 0 atom stereocenters. The summed E-state index contributed by atoms with van der Waals surface area (Å²) in [7, 11) is 0. The number of aromatic hydroxyl groups is 1. The molecule has 0 spiro atoms. The highest BCUT2D eigenvalue weighted by molar-refractivity contribution is 5.77. The quantitative estimate of drug-likeness (QED) is 0.477. The zero-order valence-corrected chi connectivity index (χ0v) is 16.8. The summed E-state index contributed by atoms with van der Waals surface area (Å²) < 4.78 is 14.6. The molecule has 3 rings (SSSR count). The number of phenols is 1. The van der Waals surface area contributed by atoms with Crippen molar-refractivity contribution in [2.45, 2.75) is 27.7 Å². The van der Waals surface area contributed by atoms with Gasteiger partial charge in [0.1, 0.15) is 11.6 Å². The van der Waals surface area contributed by atoms with Crippen molar-refractivity contribution in [2.24, 2.45) is 0 Å². The lowest BCUT2D eigenvalue weighted by molar-refractivity contribution is 0.475. The molecule has 0 aliphatic carbocycles. The second kappa shape index (κ2) is 8.30. The first-order valence-electron chi connectivity index (χ1n) is 9.43. The summed E-state index contributed by atoms with van der Waals surface area (Å²) >= 11 is 0. The van der Waals surface area contributed by atoms with Crippen LogP contribution in [0.5, 0.6) is 5.75 Å². The van der Waals surface area contributed by atoms with Crippen LogP contribution in [0.3, 0.4) is 0 Å². The smallest absolute Gasteiger partial charge is 0.146 e. The second-order valence-electron chi connectivity index (χ2n) is 7.39. The molecule has 0 saturated heterocycles. The van der Waals surface area contributed by atoms with Crippen LogP contribution >= 0.6 is 0 Å². The number of benzene rings is 3. The summed E-state index contributed by atoms with van der Waals surface area (Å²) in [6, 6.07) is 16.8. The van der Waals surface area contributed by atoms with Crippen LogP contribution in [0.25, 0.3) is 22.3 Å². The molecule has 0 radical (unpaired) electrons. The van der Waals surface area contributed by atoms with E-state index in [-0.39, 0.29) is 11.6 Å². The molecule has 144 valence electrons. The van der Waals surface area contributed by atoms with Gasteiger partial charge in [0.2, 0.25) is 0 Å². The van der Waals surface area contributed by atoms with E-state index in [2.05, 4.69) is 24.4 Å². The van der Waals surface area contributed by atoms with Gasteiger partial charge in [-0.1, -0.05) is 42.0 Å². The second-order valence-corrected chi connectivity index (χ2v) is 7.39. The Morgan fingerprint density at radius 2 is 1.46 bits per heavy atom. The SMILES string of the molecule is CC(C)=CCNc1ccc(-c2cc(C)c(-c3ccc(O)cc3)cc2C)cc1F. The maximum absolute atomic E-state index is 14.6. The first-order valence-corrected chi connectivity index (χ1v) is 9.43. The fourth-order valence-electron chi connectivity index (χ4n) is 3.27. The minimum Gasteiger partial charge on any atom is -0.508 e. The zero-order valence-electron chi connectivity index (χ0n) is 16.8. The van der Waals surface area contributed by atoms with Gasteiger partial charge in [0.05, 0.1) is 5.69 Å². The molecule has 0 aliphatic heterocycles. The molecule has 3 aromatic rings. The molecule has 0 bridgehead atoms. The molecule has 3 heteroatoms. The normalized spacial score (nSPS) is 10.6. The summed E-state index contributed by atoms with van der Waals surface area (Å²) in [5, 5.41) is 12.6. The Kier molecular flexibility index (Phi) is 5.84. The molecule has 2 N–H and O–H groups in total. The maximum atomic E-state index is 14.6. The van der Waals surface area contributed by atoms with Crippen molar-refractivity contribution in [3.05, 3.63) is 83.2 Å². The predicted octanol–water partition coefficient (Wildman–Crippen LogP) is 6.86. The summed E-state index contributed by atoms with van der Waals surface area (Å²) in [4.78, 5) is 0. The topological polar surface area (TPSA) is 32.3 Å². The van der Waals surface area contributed by atoms with E-state index in [1.54, 1.807) is 24.3 Å². The van der Waals surface area contributed by atoms with Gasteiger partial charge in [-0.15, -0.1) is 0 Å². The molecule has 0 amide bonds. The first-order chi connectivity index (χ1) is 13.3. The summed E-state index contributed by atoms with van der Waals surface area (Å²) in [5.41, 5.74) is 7.95. The number of anilines is 1. The van der Waals surface area contributed by atoms with Gasteiger partial charge in [-0.2, -0.15) is 0 Å². The van der Waals surface area contributed by atoms with Crippen molar-refractivity contribution in [2.75, 3.05) is 11.9 Å². The predicted molar refractivity (Wildman–Crippen MR) is 116 cm³/mol. The molecule has 0 heterocycles. The number of hydrogen-bond acceptors (Lipinski definition) is 2. The van der Waals surface area contributed by atoms with Gasteiger partial charge in [0, 0.05) is 6.54 Å². The van der Waals surface area contributed by atoms with Crippen molar-refractivity contribution in [1.82, 2.24) is 0 Å². The molecule has 0 unspecified atom stereocenters. The van der Waals surface area contributed by atoms with Gasteiger partial charge in [-0.3, -0.25) is 0 Å². The lowest BCUT2D eigenvalue weighted by atomic mass is 9.92. The zero-order chi connectivity index (χ0) is 20.3. The lowest BCUT2D eigenvalue weighted by Crippen LogP contribution is -2.01. The highest BCUT2D eigenvalue weighted by Crippen LogP contribution is 2.33. The average Bonchev–Trinajstić information content (AvgIpc) is 2.65. The summed E-state index contributed by atoms with van der Waals surface area (Å²) in [5.74, 6) is 0.00262. The molecule has 0 aliphatic rings. The third-order valence-corrected chi connectivity index (χ3v) is 4.83. The van der Waals surface area contributed by atoms with E-state index in [0.717, 1.165) is 33.4 Å². The van der Waals surface area contributed by atoms with Gasteiger partial charge in [-0.25, -0.2) is 4.39 Å². The van der Waals surface area contributed by atoms with Crippen molar-refractivity contribution in [3.63, 3.8) is 0 Å². The monoisotopic (exact) mass is 375 g/mol. The van der Waals surface area contributed by atoms with Crippen LogP contribution in [0.1, 0.15) is 25.0 Å². The highest BCUT2D eigenvalue weighted by Gasteiger charge is 2.11. The number of hydrogen-bond donors (Lipinski definition) is 2. The van der Waals surface area contributed by atoms with Crippen LogP contribution in [0, 0.1) is 19.7 Å². The van der Waals surface area contributed by atoms with E-state index in [4.69, 9.17) is 0 Å². The molecule has 0 aromatic heterocycles. The van der Waals surface area contributed by atoms with Crippen LogP contribution in [-0.4, -0.2) is 11.7 Å². The Bertz CT molecular complexity index is 1020. The van der Waals surface area contributed by atoms with Crippen LogP contribution in [0.15, 0.2) is 66.2 Å². The van der Waals surface area contributed by atoms with Crippen molar-refractivity contribution >= 4 is 5.69 Å². The number of rotatable bonds is 5. The highest BCUT2D eigenvalue weighted by atomic mass is 19.1. The molecule has 3 aromatic carbocycles. The van der Waals surface area contributed by atoms with E-state index < -0.39 is 0 Å². The Morgan fingerprint density at radius 1 is 0.893 bits per heavy atom. The van der Waals surface area contributed by atoms with E-state index in [0.29, 0.717) is 12.2 Å². The van der Waals surface area contributed by atoms with Gasteiger partial charge >= 0.3 is 0 Å². The van der Waals surface area contributed by atoms with Gasteiger partial charge in [0.15, 0.2) is 0 Å². The van der Waals surface area contributed by atoms with E-state index in [1.165, 1.54) is 5.57 Å². The summed E-state index contributed by atoms with van der Waals surface area (Å²) in [6.07, 6.45) is 2.03. The van der Waals surface area contributed by atoms with E-state index in [9.17, 15) is 9.50 Å². The van der Waals surface area contributed by atoms with Gasteiger partial charge in [-0.05, 0) is 85.3 Å². The Balaban J connectivity index is 1.91. The minimum atomic E-state index is -0.251. The number of halogens is 1. The molecule has 0 fully saturated rings. The maximum Gasteiger partial charge on any atom is 0.146 e. The van der Waals surface area contributed by atoms with Crippen molar-refractivity contribution in [1.29, 1.82) is 0 Å². The van der Waals surface area contributed by atoms with Gasteiger partial charge in [0.25, 0.3) is 0 Å². The molecule has 2 nitrogen and oxygen atoms in total. The Labute approximate surface area is 166 Å². The molecular weight excluding hydrogens is 349 g/mol. The van der Waals surface area contributed by atoms with Crippen LogP contribution in [0.4, 0.5) is 10.1 Å². The largest absolute Gasteiger partial charge is 0.508 e. The fourth-order valence-corrected chi connectivity index (χ4v) is 3.27. The summed E-state index contributed by atoms with van der Waals surface area (Å²) in [6.45, 7) is 8.74. The number of allylic oxidation sites excluding steroid dienone is 1. The third kappa shape index (κ3) is 4.42. The van der Waals surface area contributed by atoms with E-state index >= 15 is 0 Å². The Hall–Kier alpha value is -3.07. The Morgan fingerprint density at radius 3 is 2.04 bits per heavy atom. The van der Waals surface area contributed by atoms with Crippen LogP contribution in [0.2, 0.25) is 0 Å². The fraction of sp³-hybridized carbons (Fsp3) is 0.200. The van der Waals surface area contributed by atoms with Crippen molar-refractivity contribution in [3.8, 4) is 28.0 Å². The number of aryl methyl sites for hydroxylation is 2. The van der Waals surface area contributed by atoms with E-state index in [1.807, 2.05) is 45.0 Å². The van der Waals surface area contributed by atoms with Crippen LogP contribution in [-0.2, 0) is 0 Å². The average molecular weight is 375 g/mol. The molecular formula is C25H26FNO. The molecule has 0 saturated carbocycles. The number of phenolic OH excluding ortho intramolecular Hbond substituents is 1. The third-order valence-electron chi connectivity index (χ3n) is 4.83. The lowest BCUT2D eigenvalue weighted by Gasteiger charge is -2.14. The van der Waals surface area contributed by atoms with Gasteiger partial charge < -0.3 is 10.4 Å².